The Hall–Kier alpha value is -0.160. The molecule has 4 nitrogen and oxygen atoms in total. The number of ether oxygens (including phenoxy) is 1. The van der Waals surface area contributed by atoms with Crippen molar-refractivity contribution >= 4 is 0 Å². The topological polar surface area (TPSA) is 69.9 Å². The van der Waals surface area contributed by atoms with Crippen LogP contribution in [-0.4, -0.2) is 45.8 Å². The minimum atomic E-state index is -1.09. The molecule has 1 aliphatic rings. The zero-order valence-electron chi connectivity index (χ0n) is 6.64. The van der Waals surface area contributed by atoms with E-state index in [4.69, 9.17) is 4.74 Å². The average Bonchev–Trinajstić information content (AvgIpc) is 1.97. The average molecular weight is 162 g/mol. The van der Waals surface area contributed by atoms with Crippen LogP contribution in [0.15, 0.2) is 0 Å². The fourth-order valence-corrected chi connectivity index (χ4v) is 1.26. The second-order valence-electron chi connectivity index (χ2n) is 3.02. The Balaban J connectivity index is 2.63. The van der Waals surface area contributed by atoms with E-state index >= 15 is 0 Å². The monoisotopic (exact) mass is 162 g/mol. The second kappa shape index (κ2) is 3.06. The molecule has 1 heterocycles. The van der Waals surface area contributed by atoms with Crippen LogP contribution in [0.5, 0.6) is 0 Å². The fraction of sp³-hybridized carbons (Fsp3) is 1.00. The van der Waals surface area contributed by atoms with E-state index in [1.807, 2.05) is 0 Å². The van der Waals surface area contributed by atoms with Gasteiger partial charge in [-0.1, -0.05) is 0 Å². The predicted octanol–water partition coefficient (Wildman–Crippen LogP) is -1.12. The molecule has 0 amide bonds. The normalized spacial score (nSPS) is 52.6. The maximum Gasteiger partial charge on any atom is 0.111 e. The van der Waals surface area contributed by atoms with Gasteiger partial charge in [0.05, 0.1) is 12.2 Å². The molecule has 5 atom stereocenters. The van der Waals surface area contributed by atoms with Gasteiger partial charge in [-0.05, 0) is 13.8 Å². The second-order valence-corrected chi connectivity index (χ2v) is 3.02. The Morgan fingerprint density at radius 2 is 1.18 bits per heavy atom. The molecule has 4 unspecified atom stereocenters. The van der Waals surface area contributed by atoms with Gasteiger partial charge >= 0.3 is 0 Å². The predicted molar refractivity (Wildman–Crippen MR) is 38.0 cm³/mol. The number of hydrogen-bond acceptors (Lipinski definition) is 4. The van der Waals surface area contributed by atoms with Gasteiger partial charge in [0, 0.05) is 0 Å². The van der Waals surface area contributed by atoms with Crippen molar-refractivity contribution in [1.82, 2.24) is 0 Å². The lowest BCUT2D eigenvalue weighted by atomic mass is 9.97. The summed E-state index contributed by atoms with van der Waals surface area (Å²) in [6.07, 6.45) is -3.89. The SMILES string of the molecule is CC1O[C@@H](C)C(O)C(O)C1O. The lowest BCUT2D eigenvalue weighted by Gasteiger charge is -2.37. The molecular weight excluding hydrogens is 148 g/mol. The smallest absolute Gasteiger partial charge is 0.111 e. The summed E-state index contributed by atoms with van der Waals surface area (Å²) in [6, 6.07) is 0. The zero-order valence-corrected chi connectivity index (χ0v) is 6.64. The lowest BCUT2D eigenvalue weighted by molar-refractivity contribution is -0.211. The Labute approximate surface area is 65.4 Å². The van der Waals surface area contributed by atoms with Crippen molar-refractivity contribution in [2.45, 2.75) is 44.4 Å². The van der Waals surface area contributed by atoms with Gasteiger partial charge < -0.3 is 20.1 Å². The molecule has 66 valence electrons. The summed E-state index contributed by atoms with van der Waals surface area (Å²) < 4.78 is 5.12. The molecule has 1 fully saturated rings. The van der Waals surface area contributed by atoms with E-state index in [-0.39, 0.29) is 0 Å². The molecule has 4 heteroatoms. The molecule has 0 aliphatic carbocycles. The van der Waals surface area contributed by atoms with Gasteiger partial charge in [-0.25, -0.2) is 0 Å². The third-order valence-corrected chi connectivity index (χ3v) is 2.09. The third-order valence-electron chi connectivity index (χ3n) is 2.09. The molecule has 0 saturated carbocycles. The third kappa shape index (κ3) is 1.54. The molecule has 1 aliphatic heterocycles. The van der Waals surface area contributed by atoms with Crippen molar-refractivity contribution in [3.8, 4) is 0 Å². The van der Waals surface area contributed by atoms with E-state index in [2.05, 4.69) is 0 Å². The molecule has 0 aromatic carbocycles. The van der Waals surface area contributed by atoms with E-state index in [1.165, 1.54) is 0 Å². The molecule has 3 N–H and O–H groups in total. The van der Waals surface area contributed by atoms with Gasteiger partial charge in [-0.3, -0.25) is 0 Å². The minimum Gasteiger partial charge on any atom is -0.388 e. The summed E-state index contributed by atoms with van der Waals surface area (Å²) in [4.78, 5) is 0. The first-order valence-electron chi connectivity index (χ1n) is 3.73. The van der Waals surface area contributed by atoms with Crippen molar-refractivity contribution in [3.63, 3.8) is 0 Å². The van der Waals surface area contributed by atoms with Crippen molar-refractivity contribution in [2.24, 2.45) is 0 Å². The van der Waals surface area contributed by atoms with Crippen LogP contribution in [0.3, 0.4) is 0 Å². The number of hydrogen-bond donors (Lipinski definition) is 3. The molecule has 0 bridgehead atoms. The first kappa shape index (κ1) is 8.93. The summed E-state index contributed by atoms with van der Waals surface area (Å²) in [5, 5.41) is 27.6. The molecule has 0 aromatic rings. The lowest BCUT2D eigenvalue weighted by Crippen LogP contribution is -2.55. The Morgan fingerprint density at radius 3 is 1.55 bits per heavy atom. The molecule has 11 heavy (non-hydrogen) atoms. The molecular formula is C7H14O4. The number of aliphatic hydroxyl groups is 3. The molecule has 0 radical (unpaired) electrons. The first-order valence-corrected chi connectivity index (χ1v) is 3.73. The van der Waals surface area contributed by atoms with Gasteiger partial charge in [-0.15, -0.1) is 0 Å². The highest BCUT2D eigenvalue weighted by atomic mass is 16.5. The van der Waals surface area contributed by atoms with E-state index in [1.54, 1.807) is 13.8 Å². The van der Waals surface area contributed by atoms with E-state index in [0.717, 1.165) is 0 Å². The molecule has 0 spiro atoms. The van der Waals surface area contributed by atoms with E-state index in [9.17, 15) is 15.3 Å². The van der Waals surface area contributed by atoms with Crippen LogP contribution in [-0.2, 0) is 4.74 Å². The van der Waals surface area contributed by atoms with Crippen molar-refractivity contribution < 1.29 is 20.1 Å². The Morgan fingerprint density at radius 1 is 0.818 bits per heavy atom. The van der Waals surface area contributed by atoms with Crippen molar-refractivity contribution in [1.29, 1.82) is 0 Å². The maximum atomic E-state index is 9.21. The maximum absolute atomic E-state index is 9.21. The van der Waals surface area contributed by atoms with Crippen LogP contribution < -0.4 is 0 Å². The summed E-state index contributed by atoms with van der Waals surface area (Å²) in [6.45, 7) is 3.33. The Bertz CT molecular complexity index is 124. The van der Waals surface area contributed by atoms with Crippen LogP contribution in [0.2, 0.25) is 0 Å². The van der Waals surface area contributed by atoms with Crippen LogP contribution >= 0.6 is 0 Å². The molecule has 1 rings (SSSR count). The van der Waals surface area contributed by atoms with E-state index < -0.39 is 30.5 Å². The van der Waals surface area contributed by atoms with Gasteiger partial charge in [0.2, 0.25) is 0 Å². The van der Waals surface area contributed by atoms with Crippen molar-refractivity contribution in [3.05, 3.63) is 0 Å². The fourth-order valence-electron chi connectivity index (χ4n) is 1.26. The van der Waals surface area contributed by atoms with Crippen LogP contribution in [0.25, 0.3) is 0 Å². The van der Waals surface area contributed by atoms with Gasteiger partial charge in [0.25, 0.3) is 0 Å². The van der Waals surface area contributed by atoms with Gasteiger partial charge in [-0.2, -0.15) is 0 Å². The van der Waals surface area contributed by atoms with Gasteiger partial charge in [0.1, 0.15) is 18.3 Å². The minimum absolute atomic E-state index is 0.414. The Kier molecular flexibility index (Phi) is 2.49. The first-order chi connectivity index (χ1) is 5.04. The van der Waals surface area contributed by atoms with Crippen LogP contribution in [0.4, 0.5) is 0 Å². The summed E-state index contributed by atoms with van der Waals surface area (Å²) >= 11 is 0. The zero-order chi connectivity index (χ0) is 8.59. The molecule has 1 saturated heterocycles. The highest BCUT2D eigenvalue weighted by molar-refractivity contribution is 4.88. The van der Waals surface area contributed by atoms with Crippen LogP contribution in [0, 0.1) is 0 Å². The van der Waals surface area contributed by atoms with Crippen LogP contribution in [0.1, 0.15) is 13.8 Å². The summed E-state index contributed by atoms with van der Waals surface area (Å²) in [5.74, 6) is 0. The van der Waals surface area contributed by atoms with Gasteiger partial charge in [0.15, 0.2) is 0 Å². The number of aliphatic hydroxyl groups excluding tert-OH is 3. The highest BCUT2D eigenvalue weighted by Gasteiger charge is 2.39. The summed E-state index contributed by atoms with van der Waals surface area (Å²) in [5.41, 5.74) is 0. The number of rotatable bonds is 0. The van der Waals surface area contributed by atoms with Crippen molar-refractivity contribution in [2.75, 3.05) is 0 Å². The quantitative estimate of drug-likeness (QED) is 0.422. The largest absolute Gasteiger partial charge is 0.388 e. The summed E-state index contributed by atoms with van der Waals surface area (Å²) in [7, 11) is 0. The highest BCUT2D eigenvalue weighted by Crippen LogP contribution is 2.19. The molecule has 0 aromatic heterocycles. The standard InChI is InChI=1S/C7H14O4/c1-3-5(8)7(10)6(9)4(2)11-3/h3-10H,1-2H3/t3-,4?,5?,6?,7?/m0/s1. The van der Waals surface area contributed by atoms with E-state index in [0.29, 0.717) is 0 Å².